The summed E-state index contributed by atoms with van der Waals surface area (Å²) >= 11 is 0. The molecule has 1 N–H and O–H groups in total. The van der Waals surface area contributed by atoms with Gasteiger partial charge in [-0.2, -0.15) is 5.10 Å². The van der Waals surface area contributed by atoms with Gasteiger partial charge in [0, 0.05) is 31.2 Å². The maximum Gasteiger partial charge on any atom is 0.269 e. The fraction of sp³-hybridized carbons (Fsp3) is 0.250. The standard InChI is InChI=1S/C16H17N5O/c1-12-9-15-19-10-13(11-21(15)20-12)5-4-8-18-16(22)14-6-2-3-7-17-14/h2-3,6-7,9-11H,4-5,8H2,1H3,(H,18,22). The number of aromatic nitrogens is 4. The smallest absolute Gasteiger partial charge is 0.269 e. The predicted molar refractivity (Wildman–Crippen MR) is 82.6 cm³/mol. The lowest BCUT2D eigenvalue weighted by molar-refractivity contribution is 0.0948. The molecule has 0 aliphatic carbocycles. The molecule has 0 saturated heterocycles. The SMILES string of the molecule is Cc1cc2ncc(CCCNC(=O)c3ccccn3)cn2n1. The summed E-state index contributed by atoms with van der Waals surface area (Å²) in [6.45, 7) is 2.55. The molecule has 22 heavy (non-hydrogen) atoms. The molecule has 0 spiro atoms. The third kappa shape index (κ3) is 3.28. The fourth-order valence-corrected chi connectivity index (χ4v) is 2.25. The topological polar surface area (TPSA) is 72.2 Å². The van der Waals surface area contributed by atoms with Crippen molar-refractivity contribution in [3.05, 3.63) is 59.8 Å². The summed E-state index contributed by atoms with van der Waals surface area (Å²) in [5, 5.41) is 7.21. The predicted octanol–water partition coefficient (Wildman–Crippen LogP) is 1.80. The molecule has 6 heteroatoms. The minimum absolute atomic E-state index is 0.142. The molecule has 3 aromatic rings. The van der Waals surface area contributed by atoms with Crippen molar-refractivity contribution >= 4 is 11.6 Å². The van der Waals surface area contributed by atoms with Gasteiger partial charge in [0.15, 0.2) is 5.65 Å². The van der Waals surface area contributed by atoms with Crippen LogP contribution in [0.2, 0.25) is 0 Å². The normalized spacial score (nSPS) is 10.8. The van der Waals surface area contributed by atoms with Crippen LogP contribution in [0.15, 0.2) is 42.9 Å². The van der Waals surface area contributed by atoms with E-state index in [4.69, 9.17) is 0 Å². The van der Waals surface area contributed by atoms with Crippen molar-refractivity contribution in [3.63, 3.8) is 0 Å². The third-order valence-electron chi connectivity index (χ3n) is 3.31. The molecule has 3 heterocycles. The summed E-state index contributed by atoms with van der Waals surface area (Å²) < 4.78 is 1.79. The summed E-state index contributed by atoms with van der Waals surface area (Å²) in [4.78, 5) is 20.2. The van der Waals surface area contributed by atoms with Crippen molar-refractivity contribution in [3.8, 4) is 0 Å². The molecule has 0 aliphatic heterocycles. The van der Waals surface area contributed by atoms with E-state index in [2.05, 4.69) is 20.4 Å². The molecule has 0 radical (unpaired) electrons. The second-order valence-electron chi connectivity index (χ2n) is 5.13. The van der Waals surface area contributed by atoms with Crippen LogP contribution in [-0.2, 0) is 6.42 Å². The summed E-state index contributed by atoms with van der Waals surface area (Å²) in [6.07, 6.45) is 7.13. The zero-order valence-electron chi connectivity index (χ0n) is 12.4. The number of rotatable bonds is 5. The van der Waals surface area contributed by atoms with Crippen LogP contribution >= 0.6 is 0 Å². The summed E-state index contributed by atoms with van der Waals surface area (Å²) in [6, 6.07) is 7.23. The molecule has 1 amide bonds. The first-order chi connectivity index (χ1) is 10.7. The van der Waals surface area contributed by atoms with E-state index in [9.17, 15) is 4.79 Å². The van der Waals surface area contributed by atoms with Crippen LogP contribution in [0.25, 0.3) is 5.65 Å². The van der Waals surface area contributed by atoms with Crippen molar-refractivity contribution in [1.29, 1.82) is 0 Å². The average Bonchev–Trinajstić information content (AvgIpc) is 2.91. The Balaban J connectivity index is 1.51. The van der Waals surface area contributed by atoms with Crippen molar-refractivity contribution in [1.82, 2.24) is 24.9 Å². The van der Waals surface area contributed by atoms with E-state index in [1.165, 1.54) is 0 Å². The van der Waals surface area contributed by atoms with Gasteiger partial charge in [-0.05, 0) is 37.5 Å². The largest absolute Gasteiger partial charge is 0.351 e. The van der Waals surface area contributed by atoms with Crippen molar-refractivity contribution in [2.45, 2.75) is 19.8 Å². The Morgan fingerprint density at radius 3 is 3.05 bits per heavy atom. The summed E-state index contributed by atoms with van der Waals surface area (Å²) in [5.41, 5.74) is 3.34. The van der Waals surface area contributed by atoms with Gasteiger partial charge in [0.05, 0.1) is 5.69 Å². The van der Waals surface area contributed by atoms with Crippen molar-refractivity contribution in [2.75, 3.05) is 6.54 Å². The second-order valence-corrected chi connectivity index (χ2v) is 5.13. The molecule has 0 fully saturated rings. The maximum atomic E-state index is 11.8. The molecule has 0 saturated carbocycles. The Morgan fingerprint density at radius 2 is 2.23 bits per heavy atom. The Labute approximate surface area is 128 Å². The molecule has 3 rings (SSSR count). The van der Waals surface area contributed by atoms with Crippen molar-refractivity contribution in [2.24, 2.45) is 0 Å². The van der Waals surface area contributed by atoms with Gasteiger partial charge in [0.2, 0.25) is 0 Å². The minimum atomic E-state index is -0.142. The molecular weight excluding hydrogens is 278 g/mol. The van der Waals surface area contributed by atoms with E-state index >= 15 is 0 Å². The van der Waals surface area contributed by atoms with Crippen LogP contribution < -0.4 is 5.32 Å². The number of fused-ring (bicyclic) bond motifs is 1. The zero-order valence-corrected chi connectivity index (χ0v) is 12.4. The molecule has 0 aromatic carbocycles. The highest BCUT2D eigenvalue weighted by Gasteiger charge is 2.05. The minimum Gasteiger partial charge on any atom is -0.351 e. The molecule has 6 nitrogen and oxygen atoms in total. The summed E-state index contributed by atoms with van der Waals surface area (Å²) in [5.74, 6) is -0.142. The number of nitrogens with zero attached hydrogens (tertiary/aromatic N) is 4. The van der Waals surface area contributed by atoms with E-state index in [-0.39, 0.29) is 5.91 Å². The highest BCUT2D eigenvalue weighted by atomic mass is 16.1. The molecule has 0 bridgehead atoms. The van der Waals surface area contributed by atoms with Gasteiger partial charge in [-0.25, -0.2) is 9.50 Å². The monoisotopic (exact) mass is 295 g/mol. The number of nitrogens with one attached hydrogen (secondary N) is 1. The third-order valence-corrected chi connectivity index (χ3v) is 3.31. The Morgan fingerprint density at radius 1 is 1.32 bits per heavy atom. The van der Waals surface area contributed by atoms with Gasteiger partial charge in [0.25, 0.3) is 5.91 Å². The quantitative estimate of drug-likeness (QED) is 0.728. The first-order valence-electron chi connectivity index (χ1n) is 7.22. The van der Waals surface area contributed by atoms with E-state index in [0.717, 1.165) is 29.7 Å². The van der Waals surface area contributed by atoms with Crippen LogP contribution in [0.3, 0.4) is 0 Å². The number of carbonyl (C=O) groups is 1. The lowest BCUT2D eigenvalue weighted by atomic mass is 10.2. The van der Waals surface area contributed by atoms with Crippen LogP contribution in [0.4, 0.5) is 0 Å². The highest BCUT2D eigenvalue weighted by Crippen LogP contribution is 2.06. The number of hydrogen-bond donors (Lipinski definition) is 1. The molecule has 0 atom stereocenters. The highest BCUT2D eigenvalue weighted by molar-refractivity contribution is 5.92. The van der Waals surface area contributed by atoms with Gasteiger partial charge in [-0.15, -0.1) is 0 Å². The van der Waals surface area contributed by atoms with Gasteiger partial charge < -0.3 is 5.32 Å². The van der Waals surface area contributed by atoms with Crippen molar-refractivity contribution < 1.29 is 4.79 Å². The van der Waals surface area contributed by atoms with E-state index in [1.807, 2.05) is 25.4 Å². The zero-order chi connectivity index (χ0) is 15.4. The lowest BCUT2D eigenvalue weighted by Crippen LogP contribution is -2.25. The number of amides is 1. The average molecular weight is 295 g/mol. The maximum absolute atomic E-state index is 11.8. The number of carbonyl (C=O) groups excluding carboxylic acids is 1. The molecule has 0 aliphatic rings. The first kappa shape index (κ1) is 14.2. The molecule has 0 unspecified atom stereocenters. The fourth-order valence-electron chi connectivity index (χ4n) is 2.25. The Hall–Kier alpha value is -2.76. The second kappa shape index (κ2) is 6.34. The first-order valence-corrected chi connectivity index (χ1v) is 7.22. The molecule has 112 valence electrons. The van der Waals surface area contributed by atoms with Crippen LogP contribution in [-0.4, -0.2) is 32.0 Å². The van der Waals surface area contributed by atoms with Crippen LogP contribution in [0, 0.1) is 6.92 Å². The van der Waals surface area contributed by atoms with Gasteiger partial charge >= 0.3 is 0 Å². The Bertz CT molecular complexity index is 782. The number of aryl methyl sites for hydroxylation is 2. The van der Waals surface area contributed by atoms with Crippen LogP contribution in [0.1, 0.15) is 28.2 Å². The molecule has 3 aromatic heterocycles. The number of pyridine rings is 1. The van der Waals surface area contributed by atoms with Gasteiger partial charge in [-0.3, -0.25) is 9.78 Å². The molecular formula is C16H17N5O. The number of hydrogen-bond acceptors (Lipinski definition) is 4. The van der Waals surface area contributed by atoms with Gasteiger partial charge in [-0.1, -0.05) is 6.07 Å². The van der Waals surface area contributed by atoms with E-state index in [1.54, 1.807) is 28.9 Å². The van der Waals surface area contributed by atoms with E-state index in [0.29, 0.717) is 12.2 Å². The summed E-state index contributed by atoms with van der Waals surface area (Å²) in [7, 11) is 0. The Kier molecular flexibility index (Phi) is 4.09. The van der Waals surface area contributed by atoms with Gasteiger partial charge in [0.1, 0.15) is 5.69 Å². The van der Waals surface area contributed by atoms with E-state index < -0.39 is 0 Å². The lowest BCUT2D eigenvalue weighted by Gasteiger charge is -2.05. The van der Waals surface area contributed by atoms with Crippen LogP contribution in [0.5, 0.6) is 0 Å².